The normalized spacial score (nSPS) is 13.6. The number of fused-ring (bicyclic) bond motifs is 4. The molecule has 0 saturated carbocycles. The third-order valence-electron chi connectivity index (χ3n) is 17.3. The molecule has 81 heavy (non-hydrogen) atoms. The van der Waals surface area contributed by atoms with Crippen molar-refractivity contribution in [2.75, 3.05) is 4.90 Å². The second kappa shape index (κ2) is 19.7. The molecule has 0 bridgehead atoms. The zero-order valence-corrected chi connectivity index (χ0v) is 51.8. The van der Waals surface area contributed by atoms with E-state index in [1.165, 1.54) is 94.3 Å². The Morgan fingerprint density at radius 3 is 1.14 bits per heavy atom. The van der Waals surface area contributed by atoms with Crippen molar-refractivity contribution in [2.45, 2.75) is 157 Å². The van der Waals surface area contributed by atoms with E-state index in [2.05, 4.69) is 312 Å². The molecule has 9 aromatic carbocycles. The largest absolute Gasteiger partial charge is 0.458 e. The predicted molar refractivity (Wildman–Crippen MR) is 352 cm³/mol. The minimum atomic E-state index is -0.164. The van der Waals surface area contributed by atoms with Gasteiger partial charge in [-0.3, -0.25) is 0 Å². The average Bonchev–Trinajstić information content (AvgIpc) is 3.61. The summed E-state index contributed by atoms with van der Waals surface area (Å²) in [6, 6.07) is 70.2. The fraction of sp³-hybridized carbons (Fsp3) is 0.308. The Labute approximate surface area is 486 Å². The molecule has 9 aromatic rings. The molecule has 0 spiro atoms. The molecule has 3 heteroatoms. The van der Waals surface area contributed by atoms with E-state index in [1.54, 1.807) is 0 Å². The zero-order chi connectivity index (χ0) is 57.9. The second-order valence-corrected chi connectivity index (χ2v) is 29.6. The van der Waals surface area contributed by atoms with Crippen LogP contribution in [0.2, 0.25) is 0 Å². The molecule has 2 heterocycles. The average molecular weight is 1060 g/mol. The van der Waals surface area contributed by atoms with Crippen LogP contribution in [0.15, 0.2) is 182 Å². The van der Waals surface area contributed by atoms with Crippen molar-refractivity contribution in [1.29, 1.82) is 0 Å². The van der Waals surface area contributed by atoms with Crippen molar-refractivity contribution in [2.24, 2.45) is 0 Å². The van der Waals surface area contributed by atoms with E-state index in [0.717, 1.165) is 39.7 Å². The number of benzene rings is 9. The molecule has 0 aliphatic carbocycles. The van der Waals surface area contributed by atoms with E-state index in [9.17, 15) is 0 Å². The lowest BCUT2D eigenvalue weighted by atomic mass is 9.34. The number of nitrogens with zero attached hydrogens (tertiary/aromatic N) is 1. The van der Waals surface area contributed by atoms with E-state index in [-0.39, 0.29) is 39.2 Å². The van der Waals surface area contributed by atoms with Crippen molar-refractivity contribution in [1.82, 2.24) is 0 Å². The van der Waals surface area contributed by atoms with Crippen LogP contribution in [0.5, 0.6) is 11.5 Å². The first kappa shape index (κ1) is 55.5. The van der Waals surface area contributed by atoms with Gasteiger partial charge in [0.2, 0.25) is 0 Å². The summed E-state index contributed by atoms with van der Waals surface area (Å²) < 4.78 is 7.45. The minimum absolute atomic E-state index is 0.00789. The van der Waals surface area contributed by atoms with E-state index >= 15 is 0 Å². The Morgan fingerprint density at radius 2 is 0.691 bits per heavy atom. The van der Waals surface area contributed by atoms with Crippen LogP contribution >= 0.6 is 0 Å². The Bertz CT molecular complexity index is 3730. The molecule has 0 aromatic heterocycles. The van der Waals surface area contributed by atoms with Gasteiger partial charge in [0, 0.05) is 22.5 Å². The summed E-state index contributed by atoms with van der Waals surface area (Å²) in [5, 5.41) is 0. The first-order chi connectivity index (χ1) is 37.9. The highest BCUT2D eigenvalue weighted by Gasteiger charge is 2.44. The minimum Gasteiger partial charge on any atom is -0.458 e. The van der Waals surface area contributed by atoms with Crippen LogP contribution in [0.4, 0.5) is 17.1 Å². The Hall–Kier alpha value is -7.36. The van der Waals surface area contributed by atoms with Gasteiger partial charge in [0.1, 0.15) is 11.5 Å². The summed E-state index contributed by atoms with van der Waals surface area (Å²) in [5.41, 5.74) is 26.7. The van der Waals surface area contributed by atoms with E-state index < -0.39 is 0 Å². The number of anilines is 3. The van der Waals surface area contributed by atoms with E-state index in [4.69, 9.17) is 4.74 Å². The number of para-hydroxylation sites is 1. The maximum absolute atomic E-state index is 7.45. The first-order valence-electron chi connectivity index (χ1n) is 29.6. The van der Waals surface area contributed by atoms with E-state index in [0.29, 0.717) is 0 Å². The van der Waals surface area contributed by atoms with Crippen molar-refractivity contribution in [3.05, 3.63) is 215 Å². The van der Waals surface area contributed by atoms with Crippen molar-refractivity contribution in [3.63, 3.8) is 0 Å². The van der Waals surface area contributed by atoms with Gasteiger partial charge in [-0.25, -0.2) is 0 Å². The third-order valence-corrected chi connectivity index (χ3v) is 17.3. The maximum Gasteiger partial charge on any atom is 0.256 e. The number of hydrogen-bond acceptors (Lipinski definition) is 2. The Morgan fingerprint density at radius 1 is 0.284 bits per heavy atom. The molecule has 0 N–H and O–H groups in total. The fourth-order valence-corrected chi connectivity index (χ4v) is 12.0. The van der Waals surface area contributed by atoms with E-state index in [1.807, 2.05) is 0 Å². The van der Waals surface area contributed by atoms with Crippen molar-refractivity contribution >= 4 is 40.2 Å². The highest BCUT2D eigenvalue weighted by atomic mass is 16.5. The smallest absolute Gasteiger partial charge is 0.256 e. The van der Waals surface area contributed by atoms with Gasteiger partial charge in [-0.05, 0) is 151 Å². The standard InChI is InChI=1S/C78H84BNO/c1-73(2,3)57-33-27-50(28-34-57)63-25-22-26-64(51-29-35-58(36-30-51)74(4,5)6)72(63)80-67-37-31-52(54-39-59(75(7,8)9)47-60(40-54)76(10,11)12)43-65(67)79-66-44-53(55-41-61(77(13,14)15)48-62(42-55)78(16,17)18)32-38-69(66)81-70-46-56(45-68(80)71(70)79)49-23-20-19-21-24-49/h19-48H,1-18H3. The summed E-state index contributed by atoms with van der Waals surface area (Å²) in [4.78, 5) is 2.62. The molecule has 0 radical (unpaired) electrons. The number of rotatable bonds is 6. The van der Waals surface area contributed by atoms with Crippen LogP contribution in [0, 0.1) is 0 Å². The van der Waals surface area contributed by atoms with Crippen LogP contribution in [0.25, 0.3) is 55.6 Å². The fourth-order valence-electron chi connectivity index (χ4n) is 12.0. The van der Waals surface area contributed by atoms with Gasteiger partial charge in [0.05, 0.1) is 5.69 Å². The van der Waals surface area contributed by atoms with Crippen molar-refractivity contribution in [3.8, 4) is 67.1 Å². The zero-order valence-electron chi connectivity index (χ0n) is 51.8. The Kier molecular flexibility index (Phi) is 13.5. The molecule has 0 atom stereocenters. The lowest BCUT2D eigenvalue weighted by Crippen LogP contribution is -2.59. The monoisotopic (exact) mass is 1060 g/mol. The van der Waals surface area contributed by atoms with Crippen LogP contribution in [-0.4, -0.2) is 6.71 Å². The van der Waals surface area contributed by atoms with Gasteiger partial charge < -0.3 is 9.64 Å². The van der Waals surface area contributed by atoms with Gasteiger partial charge in [0.25, 0.3) is 6.71 Å². The predicted octanol–water partition coefficient (Wildman–Crippen LogP) is 20.2. The van der Waals surface area contributed by atoms with Gasteiger partial charge in [-0.2, -0.15) is 0 Å². The SMILES string of the molecule is CC(C)(C)c1ccc(-c2cccc(-c3ccc(C(C)(C)C)cc3)c2N2c3ccc(-c4cc(C(C)(C)C)cc(C(C)(C)C)c4)cc3B3c4cc(-c5cc(C(C)(C)C)cc(C(C)(C)C)c5)ccc4Oc4cc(-c5ccccc5)cc2c43)cc1. The molecule has 410 valence electrons. The second-order valence-electron chi connectivity index (χ2n) is 29.6. The molecular formula is C78H84BNO. The lowest BCUT2D eigenvalue weighted by molar-refractivity contribution is 0.488. The van der Waals surface area contributed by atoms with Gasteiger partial charge in [0.15, 0.2) is 0 Å². The highest BCUT2D eigenvalue weighted by molar-refractivity contribution is 6.99. The van der Waals surface area contributed by atoms with Crippen LogP contribution in [-0.2, 0) is 32.5 Å². The van der Waals surface area contributed by atoms with Gasteiger partial charge in [-0.1, -0.05) is 282 Å². The Balaban J connectivity index is 1.26. The number of ether oxygens (including phenoxy) is 1. The molecule has 0 saturated heterocycles. The quantitative estimate of drug-likeness (QED) is 0.154. The van der Waals surface area contributed by atoms with Crippen molar-refractivity contribution < 1.29 is 4.74 Å². The molecule has 0 fully saturated rings. The highest BCUT2D eigenvalue weighted by Crippen LogP contribution is 2.51. The molecule has 2 aliphatic heterocycles. The molecular weight excluding hydrogens is 978 g/mol. The molecule has 2 aliphatic rings. The third kappa shape index (κ3) is 10.6. The van der Waals surface area contributed by atoms with Crippen LogP contribution in [0.3, 0.4) is 0 Å². The summed E-state index contributed by atoms with van der Waals surface area (Å²) in [6.07, 6.45) is 0. The maximum atomic E-state index is 7.45. The first-order valence-corrected chi connectivity index (χ1v) is 29.6. The lowest BCUT2D eigenvalue weighted by Gasteiger charge is -2.42. The summed E-state index contributed by atoms with van der Waals surface area (Å²) >= 11 is 0. The summed E-state index contributed by atoms with van der Waals surface area (Å²) in [6.45, 7) is 41.6. The molecule has 2 nitrogen and oxygen atoms in total. The molecule has 11 rings (SSSR count). The summed E-state index contributed by atoms with van der Waals surface area (Å²) in [7, 11) is 0. The topological polar surface area (TPSA) is 12.5 Å². The van der Waals surface area contributed by atoms with Gasteiger partial charge in [-0.15, -0.1) is 0 Å². The molecule has 0 unspecified atom stereocenters. The van der Waals surface area contributed by atoms with Crippen LogP contribution < -0.4 is 26.0 Å². The number of hydrogen-bond donors (Lipinski definition) is 0. The molecule has 0 amide bonds. The van der Waals surface area contributed by atoms with Gasteiger partial charge >= 0.3 is 0 Å². The van der Waals surface area contributed by atoms with Crippen LogP contribution in [0.1, 0.15) is 158 Å². The summed E-state index contributed by atoms with van der Waals surface area (Å²) in [5.74, 6) is 1.78.